The molecule has 0 aliphatic heterocycles. The predicted molar refractivity (Wildman–Crippen MR) is 47.8 cm³/mol. The molecule has 82 valence electrons. The molecule has 0 bridgehead atoms. The van der Waals surface area contributed by atoms with Crippen LogP contribution in [0, 0.1) is 12.7 Å². The van der Waals surface area contributed by atoms with Gasteiger partial charge in [0.25, 0.3) is 0 Å². The van der Waals surface area contributed by atoms with E-state index in [1.165, 1.54) is 13.8 Å². The third-order valence-electron chi connectivity index (χ3n) is 1.87. The number of alkyl halides is 2. The first kappa shape index (κ1) is 11.6. The number of ether oxygens (including phenoxy) is 1. The van der Waals surface area contributed by atoms with Crippen LogP contribution in [0.1, 0.15) is 22.8 Å². The molecule has 0 atom stereocenters. The molecule has 0 aliphatic carbocycles. The average molecular weight is 218 g/mol. The summed E-state index contributed by atoms with van der Waals surface area (Å²) in [5.74, 6) is -1.84. The number of ketones is 1. The molecule has 0 aromatic heterocycles. The zero-order chi connectivity index (χ0) is 11.6. The fourth-order valence-corrected chi connectivity index (χ4v) is 1.22. The summed E-state index contributed by atoms with van der Waals surface area (Å²) in [6.07, 6.45) is 0. The molecule has 1 aromatic carbocycles. The summed E-state index contributed by atoms with van der Waals surface area (Å²) >= 11 is 0. The Morgan fingerprint density at radius 2 is 2.00 bits per heavy atom. The third-order valence-corrected chi connectivity index (χ3v) is 1.87. The Labute approximate surface area is 84.7 Å². The number of Topliss-reactive ketones (excluding diaryl/α,β-unsaturated/α-hetero) is 1. The fourth-order valence-electron chi connectivity index (χ4n) is 1.22. The molecule has 2 nitrogen and oxygen atoms in total. The van der Waals surface area contributed by atoms with E-state index in [1.807, 2.05) is 0 Å². The number of carbonyl (C=O) groups excluding carboxylic acids is 1. The van der Waals surface area contributed by atoms with Gasteiger partial charge in [0.2, 0.25) is 0 Å². The lowest BCUT2D eigenvalue weighted by Gasteiger charge is -2.08. The first-order valence-corrected chi connectivity index (χ1v) is 4.17. The van der Waals surface area contributed by atoms with Crippen molar-refractivity contribution in [3.63, 3.8) is 0 Å². The largest absolute Gasteiger partial charge is 0.432 e. The second-order valence-corrected chi connectivity index (χ2v) is 3.03. The van der Waals surface area contributed by atoms with Gasteiger partial charge in [-0.15, -0.1) is 0 Å². The normalized spacial score (nSPS) is 10.5. The molecule has 0 amide bonds. The van der Waals surface area contributed by atoms with Gasteiger partial charge in [-0.3, -0.25) is 4.79 Å². The highest BCUT2D eigenvalue weighted by Crippen LogP contribution is 2.23. The minimum atomic E-state index is -3.08. The van der Waals surface area contributed by atoms with Crippen LogP contribution in [0.5, 0.6) is 5.75 Å². The van der Waals surface area contributed by atoms with Crippen LogP contribution in [0.4, 0.5) is 13.2 Å². The lowest BCUT2D eigenvalue weighted by Crippen LogP contribution is -2.06. The van der Waals surface area contributed by atoms with Crippen molar-refractivity contribution < 1.29 is 22.7 Å². The molecule has 15 heavy (non-hydrogen) atoms. The summed E-state index contributed by atoms with van der Waals surface area (Å²) < 4.78 is 40.8. The van der Waals surface area contributed by atoms with Crippen molar-refractivity contribution in [2.75, 3.05) is 0 Å². The minimum absolute atomic E-state index is 0.161. The maximum Gasteiger partial charge on any atom is 0.387 e. The van der Waals surface area contributed by atoms with Gasteiger partial charge in [-0.25, -0.2) is 4.39 Å². The first-order valence-electron chi connectivity index (χ1n) is 4.17. The second-order valence-electron chi connectivity index (χ2n) is 3.03. The van der Waals surface area contributed by atoms with Gasteiger partial charge in [-0.2, -0.15) is 8.78 Å². The first-order chi connectivity index (χ1) is 6.91. The summed E-state index contributed by atoms with van der Waals surface area (Å²) in [6.45, 7) is -0.286. The molecular formula is C10H9F3O2. The topological polar surface area (TPSA) is 26.3 Å². The monoisotopic (exact) mass is 218 g/mol. The second kappa shape index (κ2) is 4.33. The molecule has 0 unspecified atom stereocenters. The Hall–Kier alpha value is -1.52. The van der Waals surface area contributed by atoms with Crippen LogP contribution in [0.2, 0.25) is 0 Å². The van der Waals surface area contributed by atoms with Gasteiger partial charge in [0.15, 0.2) is 17.3 Å². The third kappa shape index (κ3) is 2.71. The molecule has 0 fully saturated rings. The Morgan fingerprint density at radius 1 is 1.40 bits per heavy atom. The summed E-state index contributed by atoms with van der Waals surface area (Å²) in [4.78, 5) is 11.0. The summed E-state index contributed by atoms with van der Waals surface area (Å²) in [5.41, 5.74) is 0.564. The molecule has 0 aliphatic rings. The molecule has 0 heterocycles. The van der Waals surface area contributed by atoms with Crippen LogP contribution in [-0.4, -0.2) is 12.4 Å². The Bertz CT molecular complexity index is 388. The Balaban J connectivity index is 3.13. The van der Waals surface area contributed by atoms with Gasteiger partial charge in [-0.1, -0.05) is 0 Å². The molecule has 1 aromatic rings. The minimum Gasteiger partial charge on any atom is -0.432 e. The van der Waals surface area contributed by atoms with Crippen LogP contribution in [0.15, 0.2) is 12.1 Å². The van der Waals surface area contributed by atoms with Crippen molar-refractivity contribution in [1.29, 1.82) is 0 Å². The van der Waals surface area contributed by atoms with Crippen molar-refractivity contribution in [3.8, 4) is 5.75 Å². The molecule has 0 radical (unpaired) electrons. The van der Waals surface area contributed by atoms with Crippen molar-refractivity contribution >= 4 is 5.78 Å². The van der Waals surface area contributed by atoms with E-state index in [4.69, 9.17) is 0 Å². The fraction of sp³-hybridized carbons (Fsp3) is 0.300. The van der Waals surface area contributed by atoms with Crippen LogP contribution < -0.4 is 4.74 Å². The predicted octanol–water partition coefficient (Wildman–Crippen LogP) is 2.94. The van der Waals surface area contributed by atoms with E-state index < -0.39 is 18.2 Å². The van der Waals surface area contributed by atoms with E-state index in [0.29, 0.717) is 5.56 Å². The molecule has 0 N–H and O–H groups in total. The zero-order valence-corrected chi connectivity index (χ0v) is 8.18. The van der Waals surface area contributed by atoms with Gasteiger partial charge >= 0.3 is 6.61 Å². The van der Waals surface area contributed by atoms with Gasteiger partial charge < -0.3 is 4.74 Å². The maximum absolute atomic E-state index is 13.1. The van der Waals surface area contributed by atoms with E-state index in [2.05, 4.69) is 4.74 Å². The van der Waals surface area contributed by atoms with Crippen LogP contribution >= 0.6 is 0 Å². The van der Waals surface area contributed by atoms with Crippen molar-refractivity contribution in [2.45, 2.75) is 20.5 Å². The number of hydrogen-bond donors (Lipinski definition) is 0. The van der Waals surface area contributed by atoms with Crippen molar-refractivity contribution in [2.24, 2.45) is 0 Å². The highest BCUT2D eigenvalue weighted by Gasteiger charge is 2.14. The van der Waals surface area contributed by atoms with E-state index in [0.717, 1.165) is 12.1 Å². The van der Waals surface area contributed by atoms with Crippen LogP contribution in [0.3, 0.4) is 0 Å². The molecular weight excluding hydrogens is 209 g/mol. The molecule has 0 spiro atoms. The number of benzene rings is 1. The summed E-state index contributed by atoms with van der Waals surface area (Å²) in [7, 11) is 0. The van der Waals surface area contributed by atoms with E-state index >= 15 is 0 Å². The van der Waals surface area contributed by atoms with Crippen LogP contribution in [0.25, 0.3) is 0 Å². The highest BCUT2D eigenvalue weighted by atomic mass is 19.3. The quantitative estimate of drug-likeness (QED) is 0.729. The summed E-state index contributed by atoms with van der Waals surface area (Å²) in [5, 5.41) is 0. The molecule has 0 saturated heterocycles. The zero-order valence-electron chi connectivity index (χ0n) is 8.18. The van der Waals surface area contributed by atoms with E-state index in [9.17, 15) is 18.0 Å². The SMILES string of the molecule is CC(=O)c1cc(F)c(OC(F)F)cc1C. The lowest BCUT2D eigenvalue weighted by molar-refractivity contribution is -0.0522. The van der Waals surface area contributed by atoms with Gasteiger partial charge in [0.1, 0.15) is 0 Å². The van der Waals surface area contributed by atoms with Crippen LogP contribution in [-0.2, 0) is 0 Å². The van der Waals surface area contributed by atoms with Gasteiger partial charge in [0.05, 0.1) is 0 Å². The van der Waals surface area contributed by atoms with Crippen molar-refractivity contribution in [1.82, 2.24) is 0 Å². The van der Waals surface area contributed by atoms with E-state index in [1.54, 1.807) is 0 Å². The number of aryl methyl sites for hydroxylation is 1. The van der Waals surface area contributed by atoms with Crippen molar-refractivity contribution in [3.05, 3.63) is 29.1 Å². The average Bonchev–Trinajstić information content (AvgIpc) is 2.09. The lowest BCUT2D eigenvalue weighted by atomic mass is 10.1. The number of hydrogen-bond acceptors (Lipinski definition) is 2. The molecule has 1 rings (SSSR count). The molecule has 0 saturated carbocycles. The van der Waals surface area contributed by atoms with E-state index in [-0.39, 0.29) is 11.3 Å². The number of rotatable bonds is 3. The molecule has 5 heteroatoms. The standard InChI is InChI=1S/C10H9F3O2/c1-5-3-9(15-10(12)13)8(11)4-7(5)6(2)14/h3-4,10H,1-2H3. The Morgan fingerprint density at radius 3 is 2.47 bits per heavy atom. The number of carbonyl (C=O) groups is 1. The summed E-state index contributed by atoms with van der Waals surface area (Å²) in [6, 6.07) is 1.98. The highest BCUT2D eigenvalue weighted by molar-refractivity contribution is 5.95. The Kier molecular flexibility index (Phi) is 3.34. The van der Waals surface area contributed by atoms with Gasteiger partial charge in [0, 0.05) is 5.56 Å². The maximum atomic E-state index is 13.1. The number of halogens is 3. The smallest absolute Gasteiger partial charge is 0.387 e. The van der Waals surface area contributed by atoms with Gasteiger partial charge in [-0.05, 0) is 31.5 Å².